The van der Waals surface area contributed by atoms with Gasteiger partial charge in [0.2, 0.25) is 0 Å². The van der Waals surface area contributed by atoms with Crippen molar-refractivity contribution in [3.63, 3.8) is 0 Å². The number of anilines is 3. The van der Waals surface area contributed by atoms with E-state index in [0.717, 1.165) is 32.7 Å². The average molecular weight is 663 g/mol. The summed E-state index contributed by atoms with van der Waals surface area (Å²) in [7, 11) is 0. The number of benzene rings is 9. The van der Waals surface area contributed by atoms with Crippen LogP contribution in [0.25, 0.3) is 66.1 Å². The highest BCUT2D eigenvalue weighted by Crippen LogP contribution is 2.41. The number of rotatable bonds is 7. The molecule has 9 rings (SSSR count). The van der Waals surface area contributed by atoms with Gasteiger partial charge in [0.05, 0.1) is 17.8 Å². The first kappa shape index (κ1) is 19.5. The van der Waals surface area contributed by atoms with Crippen LogP contribution in [0.5, 0.6) is 0 Å². The van der Waals surface area contributed by atoms with Gasteiger partial charge in [-0.05, 0) is 108 Å². The molecule has 1 heteroatoms. The van der Waals surface area contributed by atoms with Gasteiger partial charge in [0.25, 0.3) is 0 Å². The van der Waals surface area contributed by atoms with Crippen molar-refractivity contribution in [3.8, 4) is 44.5 Å². The fraction of sp³-hybridized carbons (Fsp3) is 0. The van der Waals surface area contributed by atoms with Crippen molar-refractivity contribution in [2.24, 2.45) is 0 Å². The van der Waals surface area contributed by atoms with Crippen LogP contribution in [0, 0.1) is 0 Å². The molecule has 0 radical (unpaired) electrons. The molecule has 9 aromatic rings. The van der Waals surface area contributed by atoms with E-state index >= 15 is 0 Å². The Morgan fingerprint density at radius 3 is 1.69 bits per heavy atom. The summed E-state index contributed by atoms with van der Waals surface area (Å²) >= 11 is 0. The molecule has 1 nitrogen and oxygen atoms in total. The second kappa shape index (κ2) is 13.3. The third-order valence-corrected chi connectivity index (χ3v) is 8.87. The molecular formula is C50H35N. The van der Waals surface area contributed by atoms with E-state index in [-0.39, 0.29) is 16.9 Å². The highest BCUT2D eigenvalue weighted by atomic mass is 15.1. The van der Waals surface area contributed by atoms with Crippen LogP contribution in [-0.2, 0) is 0 Å². The lowest BCUT2D eigenvalue weighted by atomic mass is 9.90. The molecule has 0 bridgehead atoms. The first-order valence-corrected chi connectivity index (χ1v) is 16.5. The Kier molecular flexibility index (Phi) is 5.08. The Balaban J connectivity index is 1.34. The second-order valence-electron chi connectivity index (χ2n) is 12.0. The quantitative estimate of drug-likeness (QED) is 0.164. The van der Waals surface area contributed by atoms with Crippen molar-refractivity contribution in [1.29, 1.82) is 0 Å². The summed E-state index contributed by atoms with van der Waals surface area (Å²) in [6, 6.07) is 33.1. The fourth-order valence-corrected chi connectivity index (χ4v) is 6.43. The molecule has 0 N–H and O–H groups in total. The molecule has 0 aliphatic heterocycles. The van der Waals surface area contributed by atoms with Crippen molar-refractivity contribution in [3.05, 3.63) is 212 Å². The molecule has 0 heterocycles. The van der Waals surface area contributed by atoms with Crippen molar-refractivity contribution < 1.29 is 17.8 Å². The van der Waals surface area contributed by atoms with Crippen molar-refractivity contribution in [1.82, 2.24) is 0 Å². The van der Waals surface area contributed by atoms with Crippen molar-refractivity contribution >= 4 is 38.6 Å². The number of nitrogens with zero attached hydrogens (tertiary/aromatic N) is 1. The Bertz CT molecular complexity index is 3300. The molecule has 0 atom stereocenters. The molecule has 0 fully saturated rings. The van der Waals surface area contributed by atoms with E-state index < -0.39 is 95.4 Å². The van der Waals surface area contributed by atoms with Crippen LogP contribution in [0.15, 0.2) is 212 Å². The minimum Gasteiger partial charge on any atom is -0.310 e. The summed E-state index contributed by atoms with van der Waals surface area (Å²) in [5.74, 6) is 0. The van der Waals surface area contributed by atoms with Crippen molar-refractivity contribution in [2.75, 3.05) is 4.90 Å². The van der Waals surface area contributed by atoms with Gasteiger partial charge in [-0.3, -0.25) is 0 Å². The smallest absolute Gasteiger partial charge is 0.0645 e. The maximum atomic E-state index is 9.69. The van der Waals surface area contributed by atoms with Crippen LogP contribution in [0.4, 0.5) is 17.1 Å². The summed E-state index contributed by atoms with van der Waals surface area (Å²) in [6.45, 7) is 0. The maximum Gasteiger partial charge on any atom is 0.0645 e. The van der Waals surface area contributed by atoms with Crippen LogP contribution < -0.4 is 4.90 Å². The van der Waals surface area contributed by atoms with Crippen molar-refractivity contribution in [2.45, 2.75) is 0 Å². The van der Waals surface area contributed by atoms with E-state index in [1.807, 2.05) is 109 Å². The maximum absolute atomic E-state index is 9.69. The predicted molar refractivity (Wildman–Crippen MR) is 218 cm³/mol. The molecular weight excluding hydrogens is 615 g/mol. The van der Waals surface area contributed by atoms with E-state index in [2.05, 4.69) is 0 Å². The van der Waals surface area contributed by atoms with Gasteiger partial charge in [0.15, 0.2) is 0 Å². The zero-order valence-corrected chi connectivity index (χ0v) is 27.1. The lowest BCUT2D eigenvalue weighted by Crippen LogP contribution is -2.10. The van der Waals surface area contributed by atoms with Crippen LogP contribution in [0.1, 0.15) is 17.8 Å². The summed E-state index contributed by atoms with van der Waals surface area (Å²) in [6.07, 6.45) is 0. The van der Waals surface area contributed by atoms with Gasteiger partial charge in [-0.15, -0.1) is 0 Å². The molecule has 0 aliphatic rings. The Labute approximate surface area is 317 Å². The highest BCUT2D eigenvalue weighted by molar-refractivity contribution is 6.04. The lowest BCUT2D eigenvalue weighted by Gasteiger charge is -2.26. The Morgan fingerprint density at radius 2 is 0.922 bits per heavy atom. The van der Waals surface area contributed by atoms with Gasteiger partial charge < -0.3 is 4.90 Å². The van der Waals surface area contributed by atoms with Crippen LogP contribution in [0.2, 0.25) is 0 Å². The van der Waals surface area contributed by atoms with Gasteiger partial charge in [-0.1, -0.05) is 170 Å². The normalized spacial score (nSPS) is 14.7. The van der Waals surface area contributed by atoms with Crippen LogP contribution in [-0.4, -0.2) is 0 Å². The summed E-state index contributed by atoms with van der Waals surface area (Å²) < 4.78 is 118. The first-order valence-electron chi connectivity index (χ1n) is 23.0. The summed E-state index contributed by atoms with van der Waals surface area (Å²) in [5, 5.41) is 3.72. The van der Waals surface area contributed by atoms with Gasteiger partial charge in [0.1, 0.15) is 0 Å². The lowest BCUT2D eigenvalue weighted by molar-refractivity contribution is 1.28. The first-order chi connectivity index (χ1) is 30.7. The minimum absolute atomic E-state index is 0.0179. The fourth-order valence-electron chi connectivity index (χ4n) is 6.43. The molecule has 0 unspecified atom stereocenters. The molecule has 9 aromatic carbocycles. The third kappa shape index (κ3) is 5.96. The standard InChI is InChI=1S/C50H35N/c1-3-12-36(13-4-1)38-24-29-45(30-25-38)51(47-20-11-19-43(35-47)44-23-22-37-14-7-8-18-42(37)34-44)46-31-26-40(27-32-46)49-33-28-39-15-9-10-21-48(39)50(49)41-16-5-2-6-17-41/h1-35H/i1D,3D,4D,12D,13D,24D,25D,26D,27D,29D,30D,31D,32D. The SMILES string of the molecule is [2H]c1c([2H])c([2H])c(-c2c([2H])c([2H])c(N(c3cccc(-c4ccc5ccccc5c4)c3)c3c([2H])c([2H])c(-c4ccc5ccccc5c4-c4ccccc4)c([2H])c3[2H])c([2H])c2[2H])c([2H])c1[2H]. The Morgan fingerprint density at radius 1 is 0.333 bits per heavy atom. The zero-order chi connectivity index (χ0) is 45.3. The highest BCUT2D eigenvalue weighted by Gasteiger charge is 2.16. The minimum atomic E-state index is -0.735. The molecule has 0 spiro atoms. The molecule has 0 saturated carbocycles. The summed E-state index contributed by atoms with van der Waals surface area (Å²) in [5.41, 5.74) is 1.77. The molecule has 0 saturated heterocycles. The van der Waals surface area contributed by atoms with Crippen LogP contribution in [0.3, 0.4) is 0 Å². The largest absolute Gasteiger partial charge is 0.310 e. The van der Waals surface area contributed by atoms with E-state index in [1.165, 1.54) is 4.90 Å². The molecule has 51 heavy (non-hydrogen) atoms. The van der Waals surface area contributed by atoms with Gasteiger partial charge >= 0.3 is 0 Å². The number of hydrogen-bond donors (Lipinski definition) is 0. The molecule has 240 valence electrons. The topological polar surface area (TPSA) is 3.24 Å². The predicted octanol–water partition coefficient (Wildman–Crippen LogP) is 14.1. The van der Waals surface area contributed by atoms with Gasteiger partial charge in [-0.25, -0.2) is 0 Å². The average Bonchev–Trinajstić information content (AvgIpc) is 3.32. The van der Waals surface area contributed by atoms with E-state index in [1.54, 1.807) is 24.3 Å². The number of fused-ring (bicyclic) bond motifs is 2. The monoisotopic (exact) mass is 662 g/mol. The van der Waals surface area contributed by atoms with E-state index in [0.29, 0.717) is 16.7 Å². The van der Waals surface area contributed by atoms with E-state index in [9.17, 15) is 11.0 Å². The molecule has 0 amide bonds. The zero-order valence-electron chi connectivity index (χ0n) is 40.1. The second-order valence-corrected chi connectivity index (χ2v) is 12.0. The Hall–Kier alpha value is -6.70. The van der Waals surface area contributed by atoms with E-state index in [4.69, 9.17) is 6.85 Å². The van der Waals surface area contributed by atoms with Gasteiger partial charge in [-0.2, -0.15) is 0 Å². The van der Waals surface area contributed by atoms with Gasteiger partial charge in [0, 0.05) is 17.1 Å². The van der Waals surface area contributed by atoms with Crippen LogP contribution >= 0.6 is 0 Å². The third-order valence-electron chi connectivity index (χ3n) is 8.87. The summed E-state index contributed by atoms with van der Waals surface area (Å²) in [4.78, 5) is 1.19. The molecule has 0 aromatic heterocycles. The molecule has 0 aliphatic carbocycles. The number of hydrogen-bond acceptors (Lipinski definition) is 1.